The van der Waals surface area contributed by atoms with Crippen LogP contribution in [0.25, 0.3) is 16.9 Å². The van der Waals surface area contributed by atoms with E-state index in [2.05, 4.69) is 10.1 Å². The lowest BCUT2D eigenvalue weighted by Gasteiger charge is -2.37. The lowest BCUT2D eigenvalue weighted by atomic mass is 10.0. The van der Waals surface area contributed by atoms with Gasteiger partial charge in [0.25, 0.3) is 5.91 Å². The Hall–Kier alpha value is -4.61. The van der Waals surface area contributed by atoms with Gasteiger partial charge >= 0.3 is 6.18 Å². The highest BCUT2D eigenvalue weighted by Crippen LogP contribution is 2.38. The van der Waals surface area contributed by atoms with Gasteiger partial charge < -0.3 is 9.80 Å². The Morgan fingerprint density at radius 2 is 1.72 bits per heavy atom. The molecule has 0 aliphatic carbocycles. The quantitative estimate of drug-likeness (QED) is 0.270. The first-order valence-corrected chi connectivity index (χ1v) is 13.7. The fraction of sp³-hybridized carbons (Fsp3) is 0.290. The number of halogens is 5. The maximum Gasteiger partial charge on any atom is 0.419 e. The van der Waals surface area contributed by atoms with Crippen LogP contribution in [0.1, 0.15) is 45.6 Å². The van der Waals surface area contributed by atoms with E-state index in [9.17, 15) is 27.2 Å². The van der Waals surface area contributed by atoms with E-state index in [1.165, 1.54) is 41.0 Å². The summed E-state index contributed by atoms with van der Waals surface area (Å²) in [7, 11) is 0. The number of rotatable bonds is 4. The molecular weight excluding hydrogens is 569 g/mol. The number of nitrogens with zero attached hydrogens (tertiary/aromatic N) is 5. The summed E-state index contributed by atoms with van der Waals surface area (Å²) < 4.78 is 71.5. The van der Waals surface area contributed by atoms with E-state index >= 15 is 4.39 Å². The highest BCUT2D eigenvalue weighted by molar-refractivity contribution is 6.02. The number of carbonyl (C=O) groups excluding carboxylic acids is 2. The van der Waals surface area contributed by atoms with Crippen molar-refractivity contribution in [3.05, 3.63) is 94.4 Å². The molecule has 0 atom stereocenters. The fourth-order valence-electron chi connectivity index (χ4n) is 5.84. The number of hydrogen-bond donors (Lipinski definition) is 0. The molecule has 7 nitrogen and oxygen atoms in total. The molecule has 0 N–H and O–H groups in total. The van der Waals surface area contributed by atoms with Gasteiger partial charge in [-0.15, -0.1) is 0 Å². The minimum absolute atomic E-state index is 0.0166. The van der Waals surface area contributed by atoms with Gasteiger partial charge in [0, 0.05) is 37.1 Å². The Balaban J connectivity index is 1.29. The average molecular weight is 596 g/mol. The molecule has 43 heavy (non-hydrogen) atoms. The zero-order valence-electron chi connectivity index (χ0n) is 23.3. The number of pyridine rings is 1. The van der Waals surface area contributed by atoms with Crippen LogP contribution in [0.2, 0.25) is 0 Å². The highest BCUT2D eigenvalue weighted by Gasteiger charge is 2.39. The Kier molecular flexibility index (Phi) is 7.02. The first-order valence-electron chi connectivity index (χ1n) is 13.7. The van der Waals surface area contributed by atoms with Gasteiger partial charge in [0.1, 0.15) is 11.6 Å². The predicted octanol–water partition coefficient (Wildman–Crippen LogP) is 6.04. The highest BCUT2D eigenvalue weighted by atomic mass is 19.4. The standard InChI is InChI=1S/C31H26F5N5O2/c1-17-5-6-19-13-26(42)40(29(19)28(17)33)21-7-10-39(11-8-21)30(43)24-15-25(20-4-3-9-37-16-20)41(38-24)22-12-18(2)27(32)23(14-22)31(34,35)36/h3-6,9,12,14-16,21H,7-8,10-11,13H2,1-2H3. The Bertz CT molecular complexity index is 1740. The number of likely N-dealkylation sites (tertiary alicyclic amines) is 1. The molecular formula is C31H26F5N5O2. The molecule has 2 aromatic carbocycles. The van der Waals surface area contributed by atoms with Crippen molar-refractivity contribution < 1.29 is 31.5 Å². The summed E-state index contributed by atoms with van der Waals surface area (Å²) in [5.74, 6) is -2.43. The minimum Gasteiger partial charge on any atom is -0.337 e. The van der Waals surface area contributed by atoms with Crippen molar-refractivity contribution >= 4 is 17.5 Å². The predicted molar refractivity (Wildman–Crippen MR) is 148 cm³/mol. The number of alkyl halides is 3. The van der Waals surface area contributed by atoms with Crippen LogP contribution >= 0.6 is 0 Å². The van der Waals surface area contributed by atoms with E-state index in [4.69, 9.17) is 0 Å². The number of piperidine rings is 1. The molecule has 2 aromatic heterocycles. The van der Waals surface area contributed by atoms with Crippen LogP contribution in [-0.2, 0) is 17.4 Å². The molecule has 0 radical (unpaired) electrons. The van der Waals surface area contributed by atoms with Crippen molar-refractivity contribution in [2.24, 2.45) is 0 Å². The van der Waals surface area contributed by atoms with Crippen LogP contribution in [0, 0.1) is 25.5 Å². The molecule has 0 bridgehead atoms. The summed E-state index contributed by atoms with van der Waals surface area (Å²) in [5, 5.41) is 4.38. The van der Waals surface area contributed by atoms with E-state index in [0.29, 0.717) is 47.0 Å². The van der Waals surface area contributed by atoms with Crippen LogP contribution in [0.15, 0.2) is 54.9 Å². The zero-order chi connectivity index (χ0) is 30.6. The van der Waals surface area contributed by atoms with E-state index < -0.39 is 29.3 Å². The number of aromatic nitrogens is 3. The third kappa shape index (κ3) is 5.04. The fourth-order valence-corrected chi connectivity index (χ4v) is 5.84. The molecule has 0 saturated carbocycles. The monoisotopic (exact) mass is 595 g/mol. The van der Waals surface area contributed by atoms with Crippen molar-refractivity contribution in [3.8, 4) is 16.9 Å². The van der Waals surface area contributed by atoms with Crippen molar-refractivity contribution in [2.45, 2.75) is 45.3 Å². The summed E-state index contributed by atoms with van der Waals surface area (Å²) in [4.78, 5) is 33.6. The van der Waals surface area contributed by atoms with Crippen LogP contribution < -0.4 is 4.90 Å². The molecule has 12 heteroatoms. The van der Waals surface area contributed by atoms with Gasteiger partial charge in [0.05, 0.1) is 29.1 Å². The van der Waals surface area contributed by atoms with Gasteiger partial charge in [0.15, 0.2) is 5.69 Å². The molecule has 222 valence electrons. The van der Waals surface area contributed by atoms with Crippen molar-refractivity contribution in [2.75, 3.05) is 18.0 Å². The molecule has 4 aromatic rings. The molecule has 6 rings (SSSR count). The third-order valence-corrected chi connectivity index (χ3v) is 8.04. The second-order valence-corrected chi connectivity index (χ2v) is 10.9. The topological polar surface area (TPSA) is 71.3 Å². The number of fused-ring (bicyclic) bond motifs is 1. The molecule has 0 unspecified atom stereocenters. The zero-order valence-corrected chi connectivity index (χ0v) is 23.3. The van der Waals surface area contributed by atoms with Crippen LogP contribution in [0.5, 0.6) is 0 Å². The van der Waals surface area contributed by atoms with Gasteiger partial charge in [-0.05, 0) is 73.7 Å². The molecule has 0 spiro atoms. The Morgan fingerprint density at radius 1 is 0.977 bits per heavy atom. The first kappa shape index (κ1) is 28.5. The van der Waals surface area contributed by atoms with E-state index in [1.54, 1.807) is 36.1 Å². The van der Waals surface area contributed by atoms with Gasteiger partial charge in [-0.3, -0.25) is 14.6 Å². The number of aryl methyl sites for hydroxylation is 2. The number of benzene rings is 2. The molecule has 2 aliphatic heterocycles. The summed E-state index contributed by atoms with van der Waals surface area (Å²) in [6.45, 7) is 3.40. The van der Waals surface area contributed by atoms with Crippen molar-refractivity contribution in [3.63, 3.8) is 0 Å². The van der Waals surface area contributed by atoms with E-state index in [-0.39, 0.29) is 48.4 Å². The Morgan fingerprint density at radius 3 is 2.40 bits per heavy atom. The minimum atomic E-state index is -4.94. The maximum absolute atomic E-state index is 15.0. The number of carbonyl (C=O) groups is 2. The largest absolute Gasteiger partial charge is 0.419 e. The van der Waals surface area contributed by atoms with Gasteiger partial charge in [0.2, 0.25) is 5.91 Å². The SMILES string of the molecule is Cc1cc(-n2nc(C(=O)N3CCC(N4C(=O)Cc5ccc(C)c(F)c54)CC3)cc2-c2cccnc2)cc(C(F)(F)F)c1F. The number of amides is 2. The summed E-state index contributed by atoms with van der Waals surface area (Å²) in [6, 6.07) is 9.81. The van der Waals surface area contributed by atoms with Crippen LogP contribution in [0.3, 0.4) is 0 Å². The van der Waals surface area contributed by atoms with Crippen LogP contribution in [-0.4, -0.2) is 50.6 Å². The molecule has 1 saturated heterocycles. The Labute approximate surface area is 243 Å². The van der Waals surface area contributed by atoms with Gasteiger partial charge in [-0.25, -0.2) is 13.5 Å². The maximum atomic E-state index is 15.0. The number of hydrogen-bond acceptors (Lipinski definition) is 4. The lowest BCUT2D eigenvalue weighted by molar-refractivity contribution is -0.140. The average Bonchev–Trinajstić information content (AvgIpc) is 3.58. The molecule has 2 aliphatic rings. The smallest absolute Gasteiger partial charge is 0.337 e. The second kappa shape index (κ2) is 10.6. The van der Waals surface area contributed by atoms with Crippen molar-refractivity contribution in [1.29, 1.82) is 0 Å². The molecule has 2 amide bonds. The van der Waals surface area contributed by atoms with E-state index in [1.807, 2.05) is 0 Å². The van der Waals surface area contributed by atoms with E-state index in [0.717, 1.165) is 0 Å². The van der Waals surface area contributed by atoms with Gasteiger partial charge in [-0.1, -0.05) is 12.1 Å². The summed E-state index contributed by atoms with van der Waals surface area (Å²) in [6.07, 6.45) is -0.979. The second-order valence-electron chi connectivity index (χ2n) is 10.9. The first-order chi connectivity index (χ1) is 20.4. The normalized spacial score (nSPS) is 15.7. The van der Waals surface area contributed by atoms with Crippen LogP contribution in [0.4, 0.5) is 27.6 Å². The lowest BCUT2D eigenvalue weighted by Crippen LogP contribution is -2.48. The third-order valence-electron chi connectivity index (χ3n) is 8.04. The van der Waals surface area contributed by atoms with Gasteiger partial charge in [-0.2, -0.15) is 18.3 Å². The molecule has 1 fully saturated rings. The summed E-state index contributed by atoms with van der Waals surface area (Å²) >= 11 is 0. The summed E-state index contributed by atoms with van der Waals surface area (Å²) in [5.41, 5.74) is 0.453. The van der Waals surface area contributed by atoms with Crippen molar-refractivity contribution in [1.82, 2.24) is 19.7 Å². The number of anilines is 1. The molecule has 4 heterocycles.